The zero-order valence-electron chi connectivity index (χ0n) is 11.8. The van der Waals surface area contributed by atoms with E-state index in [1.165, 1.54) is 0 Å². The predicted octanol–water partition coefficient (Wildman–Crippen LogP) is 1.82. The molecule has 0 aliphatic carbocycles. The van der Waals surface area contributed by atoms with Crippen LogP contribution in [0.2, 0.25) is 0 Å². The highest BCUT2D eigenvalue weighted by molar-refractivity contribution is 5.32. The molecule has 0 amide bonds. The van der Waals surface area contributed by atoms with Crippen molar-refractivity contribution in [2.24, 2.45) is 0 Å². The number of hydrogen-bond donors (Lipinski definition) is 2. The normalized spacial score (nSPS) is 12.3. The molecule has 0 fully saturated rings. The minimum absolute atomic E-state index is 0.256. The zero-order chi connectivity index (χ0) is 14.4. The van der Waals surface area contributed by atoms with Crippen molar-refractivity contribution in [2.45, 2.75) is 26.5 Å². The van der Waals surface area contributed by atoms with Gasteiger partial charge >= 0.3 is 0 Å². The lowest BCUT2D eigenvalue weighted by atomic mass is 10.1. The van der Waals surface area contributed by atoms with Crippen molar-refractivity contribution in [3.63, 3.8) is 0 Å². The average molecular weight is 276 g/mol. The number of aliphatic hydroxyl groups is 1. The molecule has 108 valence electrons. The summed E-state index contributed by atoms with van der Waals surface area (Å²) in [4.78, 5) is 0. The van der Waals surface area contributed by atoms with Crippen LogP contribution in [0.25, 0.3) is 0 Å². The standard InChI is InChI=1S/C15H20N2O3/c1-11-5-12(2)7-15(6-11)19-10-13(18)8-16-9-14-3-4-17-20-14/h3-7,13,16,18H,8-10H2,1-2H3. The number of nitrogens with zero attached hydrogens (tertiary/aromatic N) is 1. The molecule has 1 heterocycles. The molecule has 2 aromatic rings. The predicted molar refractivity (Wildman–Crippen MR) is 75.6 cm³/mol. The Balaban J connectivity index is 1.70. The van der Waals surface area contributed by atoms with Gasteiger partial charge in [0.1, 0.15) is 24.2 Å². The molecule has 0 bridgehead atoms. The van der Waals surface area contributed by atoms with Gasteiger partial charge in [-0.05, 0) is 37.1 Å². The number of aliphatic hydroxyl groups excluding tert-OH is 1. The number of aryl methyl sites for hydroxylation is 2. The van der Waals surface area contributed by atoms with Crippen molar-refractivity contribution in [1.29, 1.82) is 0 Å². The SMILES string of the molecule is Cc1cc(C)cc(OCC(O)CNCc2ccno2)c1. The fraction of sp³-hybridized carbons (Fsp3) is 0.400. The van der Waals surface area contributed by atoms with Gasteiger partial charge in [-0.25, -0.2) is 0 Å². The second-order valence-electron chi connectivity index (χ2n) is 4.90. The van der Waals surface area contributed by atoms with Crippen molar-refractivity contribution in [2.75, 3.05) is 13.2 Å². The number of nitrogens with one attached hydrogen (secondary N) is 1. The molecular formula is C15H20N2O3. The smallest absolute Gasteiger partial charge is 0.150 e. The van der Waals surface area contributed by atoms with E-state index in [0.717, 1.165) is 22.6 Å². The molecule has 0 aliphatic rings. The fourth-order valence-corrected chi connectivity index (χ4v) is 1.96. The Kier molecular flexibility index (Phi) is 5.15. The third kappa shape index (κ3) is 4.68. The van der Waals surface area contributed by atoms with E-state index in [1.807, 2.05) is 26.0 Å². The Bertz CT molecular complexity index is 506. The highest BCUT2D eigenvalue weighted by atomic mass is 16.5. The first kappa shape index (κ1) is 14.6. The summed E-state index contributed by atoms with van der Waals surface area (Å²) in [7, 11) is 0. The third-order valence-electron chi connectivity index (χ3n) is 2.81. The maximum atomic E-state index is 9.84. The first-order valence-corrected chi connectivity index (χ1v) is 6.63. The third-order valence-corrected chi connectivity index (χ3v) is 2.81. The van der Waals surface area contributed by atoms with Crippen LogP contribution in [0.5, 0.6) is 5.75 Å². The lowest BCUT2D eigenvalue weighted by Gasteiger charge is -2.13. The Morgan fingerprint density at radius 2 is 2.05 bits per heavy atom. The van der Waals surface area contributed by atoms with E-state index in [2.05, 4.69) is 16.5 Å². The van der Waals surface area contributed by atoms with E-state index in [0.29, 0.717) is 13.1 Å². The van der Waals surface area contributed by atoms with Crippen molar-refractivity contribution in [3.05, 3.63) is 47.3 Å². The highest BCUT2D eigenvalue weighted by Crippen LogP contribution is 2.16. The Labute approximate surface area is 118 Å². The number of rotatable bonds is 7. The van der Waals surface area contributed by atoms with Crippen LogP contribution in [-0.2, 0) is 6.54 Å². The van der Waals surface area contributed by atoms with E-state index in [4.69, 9.17) is 9.26 Å². The zero-order valence-corrected chi connectivity index (χ0v) is 11.8. The van der Waals surface area contributed by atoms with Gasteiger partial charge < -0.3 is 19.7 Å². The quantitative estimate of drug-likeness (QED) is 0.807. The summed E-state index contributed by atoms with van der Waals surface area (Å²) < 4.78 is 10.5. The van der Waals surface area contributed by atoms with Crippen LogP contribution >= 0.6 is 0 Å². The molecule has 2 N–H and O–H groups in total. The lowest BCUT2D eigenvalue weighted by molar-refractivity contribution is 0.105. The van der Waals surface area contributed by atoms with Gasteiger partial charge in [0.05, 0.1) is 12.7 Å². The van der Waals surface area contributed by atoms with E-state index in [1.54, 1.807) is 12.3 Å². The van der Waals surface area contributed by atoms with Crippen molar-refractivity contribution in [1.82, 2.24) is 10.5 Å². The number of benzene rings is 1. The van der Waals surface area contributed by atoms with Crippen molar-refractivity contribution in [3.8, 4) is 5.75 Å². The molecule has 0 spiro atoms. The Morgan fingerprint density at radius 3 is 2.70 bits per heavy atom. The van der Waals surface area contributed by atoms with Crippen LogP contribution in [0.3, 0.4) is 0 Å². The van der Waals surface area contributed by atoms with Crippen molar-refractivity contribution >= 4 is 0 Å². The van der Waals surface area contributed by atoms with Crippen LogP contribution < -0.4 is 10.1 Å². The Hall–Kier alpha value is -1.85. The molecule has 0 saturated carbocycles. The molecule has 5 heteroatoms. The first-order valence-electron chi connectivity index (χ1n) is 6.63. The monoisotopic (exact) mass is 276 g/mol. The van der Waals surface area contributed by atoms with E-state index in [9.17, 15) is 5.11 Å². The summed E-state index contributed by atoms with van der Waals surface area (Å²) in [6.45, 7) is 5.28. The van der Waals surface area contributed by atoms with E-state index in [-0.39, 0.29) is 6.61 Å². The molecule has 5 nitrogen and oxygen atoms in total. The lowest BCUT2D eigenvalue weighted by Crippen LogP contribution is -2.31. The largest absolute Gasteiger partial charge is 0.491 e. The van der Waals surface area contributed by atoms with Gasteiger partial charge in [0.15, 0.2) is 0 Å². The van der Waals surface area contributed by atoms with Gasteiger partial charge in [0.25, 0.3) is 0 Å². The van der Waals surface area contributed by atoms with Crippen LogP contribution in [0, 0.1) is 13.8 Å². The summed E-state index contributed by atoms with van der Waals surface area (Å²) in [6.07, 6.45) is 1.02. The number of aromatic nitrogens is 1. The minimum Gasteiger partial charge on any atom is -0.491 e. The summed E-state index contributed by atoms with van der Waals surface area (Å²) in [5, 5.41) is 16.5. The molecular weight excluding hydrogens is 256 g/mol. The highest BCUT2D eigenvalue weighted by Gasteiger charge is 2.06. The number of ether oxygens (including phenoxy) is 1. The molecule has 20 heavy (non-hydrogen) atoms. The maximum Gasteiger partial charge on any atom is 0.150 e. The van der Waals surface area contributed by atoms with Crippen LogP contribution in [-0.4, -0.2) is 29.5 Å². The molecule has 0 aliphatic heterocycles. The van der Waals surface area contributed by atoms with Gasteiger partial charge in [0, 0.05) is 12.6 Å². The fourth-order valence-electron chi connectivity index (χ4n) is 1.96. The maximum absolute atomic E-state index is 9.84. The van der Waals surface area contributed by atoms with E-state index < -0.39 is 6.10 Å². The van der Waals surface area contributed by atoms with Crippen molar-refractivity contribution < 1.29 is 14.4 Å². The molecule has 1 aromatic heterocycles. The first-order chi connectivity index (χ1) is 9.63. The van der Waals surface area contributed by atoms with Gasteiger partial charge in [0.2, 0.25) is 0 Å². The summed E-state index contributed by atoms with van der Waals surface area (Å²) in [5.74, 6) is 1.53. The van der Waals surface area contributed by atoms with Gasteiger partial charge in [-0.3, -0.25) is 0 Å². The van der Waals surface area contributed by atoms with Crippen LogP contribution in [0.4, 0.5) is 0 Å². The second kappa shape index (κ2) is 7.07. The van der Waals surface area contributed by atoms with Crippen LogP contribution in [0.1, 0.15) is 16.9 Å². The van der Waals surface area contributed by atoms with E-state index >= 15 is 0 Å². The minimum atomic E-state index is -0.571. The molecule has 1 unspecified atom stereocenters. The summed E-state index contributed by atoms with van der Waals surface area (Å²) in [5.41, 5.74) is 2.30. The molecule has 0 saturated heterocycles. The molecule has 1 atom stereocenters. The van der Waals surface area contributed by atoms with Gasteiger partial charge in [-0.15, -0.1) is 0 Å². The second-order valence-corrected chi connectivity index (χ2v) is 4.90. The topological polar surface area (TPSA) is 67.5 Å². The van der Waals surface area contributed by atoms with Crippen LogP contribution in [0.15, 0.2) is 35.0 Å². The summed E-state index contributed by atoms with van der Waals surface area (Å²) >= 11 is 0. The summed E-state index contributed by atoms with van der Waals surface area (Å²) in [6, 6.07) is 7.79. The molecule has 2 rings (SSSR count). The van der Waals surface area contributed by atoms with Gasteiger partial charge in [-0.2, -0.15) is 0 Å². The van der Waals surface area contributed by atoms with Gasteiger partial charge in [-0.1, -0.05) is 11.2 Å². The molecule has 1 aromatic carbocycles. The number of hydrogen-bond acceptors (Lipinski definition) is 5. The Morgan fingerprint density at radius 1 is 1.30 bits per heavy atom. The molecule has 0 radical (unpaired) electrons. The average Bonchev–Trinajstić information content (AvgIpc) is 2.88.